The number of rotatable bonds is 6. The number of halogens is 1. The first-order valence-electron chi connectivity index (χ1n) is 12.3. The van der Waals surface area contributed by atoms with E-state index >= 15 is 0 Å². The molecule has 0 bridgehead atoms. The second kappa shape index (κ2) is 11.1. The summed E-state index contributed by atoms with van der Waals surface area (Å²) < 4.78 is 0. The lowest BCUT2D eigenvalue weighted by Gasteiger charge is -2.34. The molecule has 0 aromatic heterocycles. The van der Waals surface area contributed by atoms with Gasteiger partial charge < -0.3 is 15.5 Å². The molecule has 2 aromatic rings. The van der Waals surface area contributed by atoms with E-state index in [9.17, 15) is 19.7 Å². The fraction of sp³-hybridized carbons (Fsp3) is 0.462. The van der Waals surface area contributed by atoms with Crippen LogP contribution in [-0.2, 0) is 0 Å². The van der Waals surface area contributed by atoms with Gasteiger partial charge in [0.1, 0.15) is 5.02 Å². The summed E-state index contributed by atoms with van der Waals surface area (Å²) in [5.41, 5.74) is 1.64. The normalized spacial score (nSPS) is 17.1. The molecule has 1 heterocycles. The summed E-state index contributed by atoms with van der Waals surface area (Å²) in [5.74, 6) is 0.0134. The van der Waals surface area contributed by atoms with Gasteiger partial charge in [-0.15, -0.1) is 0 Å². The molecule has 1 aliphatic carbocycles. The Morgan fingerprint density at radius 2 is 1.71 bits per heavy atom. The average molecular weight is 499 g/mol. The largest absolute Gasteiger partial charge is 0.371 e. The first-order valence-corrected chi connectivity index (χ1v) is 12.6. The van der Waals surface area contributed by atoms with Gasteiger partial charge in [-0.2, -0.15) is 0 Å². The Hall–Kier alpha value is -3.13. The van der Waals surface area contributed by atoms with Crippen molar-refractivity contribution in [1.82, 2.24) is 5.32 Å². The van der Waals surface area contributed by atoms with E-state index in [4.69, 9.17) is 11.6 Å². The van der Waals surface area contributed by atoms with E-state index in [1.165, 1.54) is 18.6 Å². The number of benzene rings is 2. The van der Waals surface area contributed by atoms with Gasteiger partial charge in [-0.1, -0.05) is 37.8 Å². The maximum Gasteiger partial charge on any atom is 0.288 e. The molecule has 1 aliphatic heterocycles. The number of nitrogens with zero attached hydrogens (tertiary/aromatic N) is 2. The van der Waals surface area contributed by atoms with Gasteiger partial charge in [-0.25, -0.2) is 0 Å². The van der Waals surface area contributed by atoms with Crippen molar-refractivity contribution in [2.24, 2.45) is 5.92 Å². The fourth-order valence-electron chi connectivity index (χ4n) is 4.83. The summed E-state index contributed by atoms with van der Waals surface area (Å²) in [6.45, 7) is 4.00. The van der Waals surface area contributed by atoms with Gasteiger partial charge in [0, 0.05) is 42.1 Å². The van der Waals surface area contributed by atoms with Gasteiger partial charge in [0.05, 0.1) is 10.5 Å². The molecular weight excluding hydrogens is 468 g/mol. The molecule has 35 heavy (non-hydrogen) atoms. The zero-order chi connectivity index (χ0) is 24.9. The molecule has 1 saturated heterocycles. The lowest BCUT2D eigenvalue weighted by atomic mass is 9.95. The molecule has 9 heteroatoms. The number of anilines is 2. The highest BCUT2D eigenvalue weighted by Crippen LogP contribution is 2.30. The Morgan fingerprint density at radius 3 is 2.40 bits per heavy atom. The molecule has 0 atom stereocenters. The Kier molecular flexibility index (Phi) is 7.90. The Bertz CT molecular complexity index is 1110. The van der Waals surface area contributed by atoms with E-state index in [-0.39, 0.29) is 28.2 Å². The Labute approximate surface area is 210 Å². The molecule has 2 aliphatic rings. The summed E-state index contributed by atoms with van der Waals surface area (Å²) in [7, 11) is 0. The van der Waals surface area contributed by atoms with Crippen molar-refractivity contribution in [3.63, 3.8) is 0 Å². The molecule has 2 fully saturated rings. The van der Waals surface area contributed by atoms with Gasteiger partial charge in [-0.05, 0) is 61.9 Å². The minimum Gasteiger partial charge on any atom is -0.371 e. The van der Waals surface area contributed by atoms with Crippen LogP contribution in [0.1, 0.15) is 72.6 Å². The van der Waals surface area contributed by atoms with Crippen LogP contribution in [0.25, 0.3) is 0 Å². The lowest BCUT2D eigenvalue weighted by Crippen LogP contribution is -2.38. The van der Waals surface area contributed by atoms with Gasteiger partial charge in [0.2, 0.25) is 0 Å². The van der Waals surface area contributed by atoms with E-state index in [1.54, 1.807) is 12.1 Å². The van der Waals surface area contributed by atoms with Crippen molar-refractivity contribution in [3.05, 3.63) is 62.7 Å². The highest BCUT2D eigenvalue weighted by atomic mass is 35.5. The number of amides is 2. The average Bonchev–Trinajstić information content (AvgIpc) is 2.85. The van der Waals surface area contributed by atoms with Gasteiger partial charge in [-0.3, -0.25) is 19.7 Å². The predicted octanol–water partition coefficient (Wildman–Crippen LogP) is 5.80. The highest BCUT2D eigenvalue weighted by molar-refractivity contribution is 6.32. The van der Waals surface area contributed by atoms with Crippen LogP contribution in [0.2, 0.25) is 5.02 Å². The summed E-state index contributed by atoms with van der Waals surface area (Å²) in [6.07, 6.45) is 7.53. The number of carbonyl (C=O) groups is 2. The molecule has 2 N–H and O–H groups in total. The van der Waals surface area contributed by atoms with Gasteiger partial charge in [0.15, 0.2) is 0 Å². The summed E-state index contributed by atoms with van der Waals surface area (Å²) >= 11 is 5.87. The van der Waals surface area contributed by atoms with Crippen LogP contribution in [-0.4, -0.2) is 35.9 Å². The molecule has 1 saturated carbocycles. The number of nitro groups is 1. The van der Waals surface area contributed by atoms with Crippen molar-refractivity contribution >= 4 is 40.5 Å². The summed E-state index contributed by atoms with van der Waals surface area (Å²) in [4.78, 5) is 39.0. The third-order valence-corrected chi connectivity index (χ3v) is 7.29. The number of piperidine rings is 1. The standard InChI is InChI=1S/C26H31ClN4O4/c1-17-11-13-30(14-12-17)23-10-8-20(16-21(23)26(33)28-19-5-3-2-4-6-19)29-25(32)18-7-9-22(27)24(15-18)31(34)35/h7-10,15-17,19H,2-6,11-14H2,1H3,(H,28,33)(H,29,32). The minimum atomic E-state index is -0.624. The molecule has 2 aromatic carbocycles. The van der Waals surface area contributed by atoms with Crippen LogP contribution < -0.4 is 15.5 Å². The van der Waals surface area contributed by atoms with Crippen molar-refractivity contribution in [1.29, 1.82) is 0 Å². The maximum absolute atomic E-state index is 13.4. The van der Waals surface area contributed by atoms with E-state index < -0.39 is 10.8 Å². The van der Waals surface area contributed by atoms with Crippen molar-refractivity contribution in [2.45, 2.75) is 57.9 Å². The number of carbonyl (C=O) groups excluding carboxylic acids is 2. The molecular formula is C26H31ClN4O4. The Morgan fingerprint density at radius 1 is 1.00 bits per heavy atom. The Balaban J connectivity index is 1.58. The zero-order valence-electron chi connectivity index (χ0n) is 19.9. The third-order valence-electron chi connectivity index (χ3n) is 6.97. The molecule has 2 amide bonds. The van der Waals surface area contributed by atoms with E-state index in [0.29, 0.717) is 17.2 Å². The van der Waals surface area contributed by atoms with Crippen LogP contribution in [0.5, 0.6) is 0 Å². The number of nitro benzene ring substituents is 1. The van der Waals surface area contributed by atoms with Crippen LogP contribution in [0.4, 0.5) is 17.1 Å². The van der Waals surface area contributed by atoms with E-state index in [2.05, 4.69) is 22.5 Å². The SMILES string of the molecule is CC1CCN(c2ccc(NC(=O)c3ccc(Cl)c([N+](=O)[O-])c3)cc2C(=O)NC2CCCCC2)CC1. The second-order valence-corrected chi connectivity index (χ2v) is 9.99. The maximum atomic E-state index is 13.4. The van der Waals surface area contributed by atoms with Crippen LogP contribution >= 0.6 is 11.6 Å². The van der Waals surface area contributed by atoms with E-state index in [0.717, 1.165) is 63.4 Å². The topological polar surface area (TPSA) is 105 Å². The molecule has 8 nitrogen and oxygen atoms in total. The predicted molar refractivity (Wildman–Crippen MR) is 137 cm³/mol. The van der Waals surface area contributed by atoms with Crippen LogP contribution in [0, 0.1) is 16.0 Å². The first-order chi connectivity index (χ1) is 16.8. The van der Waals surface area contributed by atoms with Crippen molar-refractivity contribution < 1.29 is 14.5 Å². The summed E-state index contributed by atoms with van der Waals surface area (Å²) in [5, 5.41) is 17.1. The van der Waals surface area contributed by atoms with Crippen LogP contribution in [0.3, 0.4) is 0 Å². The van der Waals surface area contributed by atoms with E-state index in [1.807, 2.05) is 6.07 Å². The number of hydrogen-bond donors (Lipinski definition) is 2. The molecule has 0 radical (unpaired) electrons. The monoisotopic (exact) mass is 498 g/mol. The van der Waals surface area contributed by atoms with Crippen molar-refractivity contribution in [2.75, 3.05) is 23.3 Å². The smallest absolute Gasteiger partial charge is 0.288 e. The van der Waals surface area contributed by atoms with Crippen molar-refractivity contribution in [3.8, 4) is 0 Å². The summed E-state index contributed by atoms with van der Waals surface area (Å²) in [6, 6.07) is 9.44. The lowest BCUT2D eigenvalue weighted by molar-refractivity contribution is -0.384. The quantitative estimate of drug-likeness (QED) is 0.387. The molecule has 0 spiro atoms. The zero-order valence-corrected chi connectivity index (χ0v) is 20.6. The molecule has 4 rings (SSSR count). The third kappa shape index (κ3) is 6.11. The van der Waals surface area contributed by atoms with Crippen LogP contribution in [0.15, 0.2) is 36.4 Å². The molecule has 0 unspecified atom stereocenters. The molecule has 186 valence electrons. The minimum absolute atomic E-state index is 0.0339. The van der Waals surface area contributed by atoms with Gasteiger partial charge >= 0.3 is 0 Å². The highest BCUT2D eigenvalue weighted by Gasteiger charge is 2.24. The first kappa shape index (κ1) is 25.0. The van der Waals surface area contributed by atoms with Gasteiger partial charge in [0.25, 0.3) is 17.5 Å². The number of nitrogens with one attached hydrogen (secondary N) is 2. The number of hydrogen-bond acceptors (Lipinski definition) is 5. The fourth-order valence-corrected chi connectivity index (χ4v) is 5.01. The second-order valence-electron chi connectivity index (χ2n) is 9.59.